The summed E-state index contributed by atoms with van der Waals surface area (Å²) in [6, 6.07) is 6.34. The van der Waals surface area contributed by atoms with Crippen molar-refractivity contribution in [2.45, 2.75) is 39.7 Å². The SMILES string of the molecule is Cc1cc(C)cc(OCCCN2CCC(C(C)O)C2)c1. The molecule has 1 aromatic carbocycles. The van der Waals surface area contributed by atoms with Gasteiger partial charge >= 0.3 is 0 Å². The van der Waals surface area contributed by atoms with E-state index in [1.807, 2.05) is 6.92 Å². The van der Waals surface area contributed by atoms with Crippen molar-refractivity contribution >= 4 is 0 Å². The first-order chi connectivity index (χ1) is 9.54. The minimum atomic E-state index is -0.175. The molecule has 1 aromatic rings. The number of hydrogen-bond donors (Lipinski definition) is 1. The Bertz CT molecular complexity index is 411. The van der Waals surface area contributed by atoms with Crippen LogP contribution < -0.4 is 4.74 Å². The molecule has 3 nitrogen and oxygen atoms in total. The van der Waals surface area contributed by atoms with Gasteiger partial charge in [0.25, 0.3) is 0 Å². The lowest BCUT2D eigenvalue weighted by Crippen LogP contribution is -2.26. The number of likely N-dealkylation sites (tertiary alicyclic amines) is 1. The summed E-state index contributed by atoms with van der Waals surface area (Å²) >= 11 is 0. The van der Waals surface area contributed by atoms with E-state index in [4.69, 9.17) is 4.74 Å². The second-order valence-electron chi connectivity index (χ2n) is 6.12. The standard InChI is InChI=1S/C17H27NO2/c1-13-9-14(2)11-17(10-13)20-8-4-6-18-7-5-16(12-18)15(3)19/h9-11,15-16,19H,4-8,12H2,1-3H3. The Morgan fingerprint density at radius 3 is 2.60 bits per heavy atom. The molecule has 0 amide bonds. The maximum Gasteiger partial charge on any atom is 0.119 e. The summed E-state index contributed by atoms with van der Waals surface area (Å²) in [6.45, 7) is 10.1. The molecule has 0 aliphatic carbocycles. The molecule has 112 valence electrons. The molecule has 0 bridgehead atoms. The molecule has 1 fully saturated rings. The predicted octanol–water partition coefficient (Wildman–Crippen LogP) is 2.78. The molecule has 2 atom stereocenters. The maximum absolute atomic E-state index is 9.59. The predicted molar refractivity (Wildman–Crippen MR) is 82.3 cm³/mol. The molecule has 3 heteroatoms. The van der Waals surface area contributed by atoms with Gasteiger partial charge in [-0.2, -0.15) is 0 Å². The molecule has 1 heterocycles. The van der Waals surface area contributed by atoms with E-state index in [0.29, 0.717) is 5.92 Å². The molecule has 1 aliphatic heterocycles. The molecule has 1 aliphatic rings. The lowest BCUT2D eigenvalue weighted by Gasteiger charge is -2.17. The van der Waals surface area contributed by atoms with Crippen LogP contribution in [0.15, 0.2) is 18.2 Å². The third-order valence-electron chi connectivity index (χ3n) is 4.07. The summed E-state index contributed by atoms with van der Waals surface area (Å²) in [5, 5.41) is 9.59. The number of aliphatic hydroxyl groups is 1. The number of nitrogens with zero attached hydrogens (tertiary/aromatic N) is 1. The Labute approximate surface area is 122 Å². The van der Waals surface area contributed by atoms with Gasteiger partial charge in [0.15, 0.2) is 0 Å². The second kappa shape index (κ2) is 7.09. The van der Waals surface area contributed by atoms with Crippen molar-refractivity contribution in [1.29, 1.82) is 0 Å². The van der Waals surface area contributed by atoms with Crippen LogP contribution in [-0.2, 0) is 0 Å². The third kappa shape index (κ3) is 4.50. The Morgan fingerprint density at radius 2 is 2.00 bits per heavy atom. The summed E-state index contributed by atoms with van der Waals surface area (Å²) in [7, 11) is 0. The van der Waals surface area contributed by atoms with Crippen molar-refractivity contribution in [3.05, 3.63) is 29.3 Å². The van der Waals surface area contributed by atoms with Crippen molar-refractivity contribution < 1.29 is 9.84 Å². The van der Waals surface area contributed by atoms with E-state index in [1.165, 1.54) is 11.1 Å². The van der Waals surface area contributed by atoms with Crippen molar-refractivity contribution in [2.75, 3.05) is 26.2 Å². The minimum Gasteiger partial charge on any atom is -0.494 e. The van der Waals surface area contributed by atoms with Gasteiger partial charge in [0, 0.05) is 13.1 Å². The van der Waals surface area contributed by atoms with Gasteiger partial charge < -0.3 is 14.7 Å². The molecule has 0 saturated carbocycles. The quantitative estimate of drug-likeness (QED) is 0.812. The van der Waals surface area contributed by atoms with Gasteiger partial charge in [-0.25, -0.2) is 0 Å². The Balaban J connectivity index is 1.67. The molecule has 0 aromatic heterocycles. The van der Waals surface area contributed by atoms with Crippen molar-refractivity contribution in [3.8, 4) is 5.75 Å². The van der Waals surface area contributed by atoms with Crippen LogP contribution in [0.3, 0.4) is 0 Å². The molecular formula is C17H27NO2. The van der Waals surface area contributed by atoms with Gasteiger partial charge in [0.2, 0.25) is 0 Å². The summed E-state index contributed by atoms with van der Waals surface area (Å²) in [6.07, 6.45) is 1.99. The zero-order chi connectivity index (χ0) is 14.5. The van der Waals surface area contributed by atoms with Gasteiger partial charge in [-0.05, 0) is 69.3 Å². The van der Waals surface area contributed by atoms with E-state index >= 15 is 0 Å². The van der Waals surface area contributed by atoms with Gasteiger partial charge in [-0.1, -0.05) is 6.07 Å². The van der Waals surface area contributed by atoms with Crippen LogP contribution in [0.2, 0.25) is 0 Å². The van der Waals surface area contributed by atoms with Crippen molar-refractivity contribution in [2.24, 2.45) is 5.92 Å². The van der Waals surface area contributed by atoms with E-state index in [-0.39, 0.29) is 6.10 Å². The largest absolute Gasteiger partial charge is 0.494 e. The molecule has 0 radical (unpaired) electrons. The average Bonchev–Trinajstić information content (AvgIpc) is 2.82. The molecule has 1 N–H and O–H groups in total. The van der Waals surface area contributed by atoms with E-state index in [0.717, 1.165) is 44.8 Å². The topological polar surface area (TPSA) is 32.7 Å². The highest BCUT2D eigenvalue weighted by molar-refractivity contribution is 5.32. The lowest BCUT2D eigenvalue weighted by atomic mass is 10.0. The summed E-state index contributed by atoms with van der Waals surface area (Å²) < 4.78 is 5.83. The molecule has 20 heavy (non-hydrogen) atoms. The molecule has 1 saturated heterocycles. The summed E-state index contributed by atoms with van der Waals surface area (Å²) in [5.41, 5.74) is 2.50. The number of ether oxygens (including phenoxy) is 1. The Morgan fingerprint density at radius 1 is 1.30 bits per heavy atom. The first-order valence-corrected chi connectivity index (χ1v) is 7.66. The first-order valence-electron chi connectivity index (χ1n) is 7.66. The van der Waals surface area contributed by atoms with Crippen LogP contribution >= 0.6 is 0 Å². The molecule has 0 spiro atoms. The molecular weight excluding hydrogens is 250 g/mol. The molecule has 2 unspecified atom stereocenters. The number of hydrogen-bond acceptors (Lipinski definition) is 3. The Kier molecular flexibility index (Phi) is 5.44. The van der Waals surface area contributed by atoms with Crippen LogP contribution in [-0.4, -0.2) is 42.4 Å². The van der Waals surface area contributed by atoms with E-state index in [2.05, 4.69) is 36.9 Å². The zero-order valence-corrected chi connectivity index (χ0v) is 12.9. The van der Waals surface area contributed by atoms with Crippen LogP contribution in [0.5, 0.6) is 5.75 Å². The smallest absolute Gasteiger partial charge is 0.119 e. The van der Waals surface area contributed by atoms with E-state index in [9.17, 15) is 5.11 Å². The van der Waals surface area contributed by atoms with Crippen molar-refractivity contribution in [3.63, 3.8) is 0 Å². The fraction of sp³-hybridized carbons (Fsp3) is 0.647. The number of rotatable bonds is 6. The zero-order valence-electron chi connectivity index (χ0n) is 12.9. The fourth-order valence-corrected chi connectivity index (χ4v) is 2.95. The van der Waals surface area contributed by atoms with Crippen molar-refractivity contribution in [1.82, 2.24) is 4.90 Å². The van der Waals surface area contributed by atoms with Gasteiger partial charge in [-0.3, -0.25) is 0 Å². The van der Waals surface area contributed by atoms with Crippen LogP contribution in [0.25, 0.3) is 0 Å². The summed E-state index contributed by atoms with van der Waals surface area (Å²) in [4.78, 5) is 2.43. The van der Waals surface area contributed by atoms with Crippen LogP contribution in [0.4, 0.5) is 0 Å². The third-order valence-corrected chi connectivity index (χ3v) is 4.07. The fourth-order valence-electron chi connectivity index (χ4n) is 2.95. The average molecular weight is 277 g/mol. The number of benzene rings is 1. The highest BCUT2D eigenvalue weighted by Crippen LogP contribution is 2.20. The first kappa shape index (κ1) is 15.3. The van der Waals surface area contributed by atoms with Gasteiger partial charge in [0.1, 0.15) is 5.75 Å². The monoisotopic (exact) mass is 277 g/mol. The number of aryl methyl sites for hydroxylation is 2. The van der Waals surface area contributed by atoms with E-state index in [1.54, 1.807) is 0 Å². The van der Waals surface area contributed by atoms with Gasteiger partial charge in [0.05, 0.1) is 12.7 Å². The lowest BCUT2D eigenvalue weighted by molar-refractivity contribution is 0.127. The highest BCUT2D eigenvalue weighted by Gasteiger charge is 2.25. The minimum absolute atomic E-state index is 0.175. The summed E-state index contributed by atoms with van der Waals surface area (Å²) in [5.74, 6) is 1.43. The maximum atomic E-state index is 9.59. The van der Waals surface area contributed by atoms with Crippen LogP contribution in [0, 0.1) is 19.8 Å². The van der Waals surface area contributed by atoms with E-state index < -0.39 is 0 Å². The Hall–Kier alpha value is -1.06. The molecule has 2 rings (SSSR count). The van der Waals surface area contributed by atoms with Crippen LogP contribution in [0.1, 0.15) is 30.9 Å². The normalized spacial score (nSPS) is 21.1. The highest BCUT2D eigenvalue weighted by atomic mass is 16.5. The van der Waals surface area contributed by atoms with Gasteiger partial charge in [-0.15, -0.1) is 0 Å². The second-order valence-corrected chi connectivity index (χ2v) is 6.12. The number of aliphatic hydroxyl groups excluding tert-OH is 1.